The van der Waals surface area contributed by atoms with Gasteiger partial charge in [-0.2, -0.15) is 9.99 Å². The first-order valence-corrected chi connectivity index (χ1v) is 10.6. The van der Waals surface area contributed by atoms with Gasteiger partial charge < -0.3 is 25.2 Å². The highest BCUT2D eigenvalue weighted by Gasteiger charge is 2.32. The quantitative estimate of drug-likeness (QED) is 0.471. The number of hydrogen-bond acceptors (Lipinski definition) is 9. The third-order valence-corrected chi connectivity index (χ3v) is 4.94. The summed E-state index contributed by atoms with van der Waals surface area (Å²) in [6.07, 6.45) is 0.533. The average Bonchev–Trinajstić information content (AvgIpc) is 3.19. The molecule has 0 fully saturated rings. The van der Waals surface area contributed by atoms with Gasteiger partial charge in [-0.1, -0.05) is 0 Å². The van der Waals surface area contributed by atoms with Crippen LogP contribution in [0.15, 0.2) is 48.7 Å². The SMILES string of the molecule is COC(=O)N1c2ccc(Nc3nc(Nc4ccc(OC(C)C)cc4)ncc3F)cc2CN1CO. The molecule has 1 aromatic heterocycles. The second-order valence-electron chi connectivity index (χ2n) is 7.76. The number of aliphatic hydroxyl groups excluding tert-OH is 1. The molecule has 2 aromatic carbocycles. The topological polar surface area (TPSA) is 112 Å². The first kappa shape index (κ1) is 23.2. The molecule has 0 radical (unpaired) electrons. The molecule has 10 nitrogen and oxygen atoms in total. The Morgan fingerprint density at radius 1 is 1.18 bits per heavy atom. The first-order chi connectivity index (χ1) is 16.4. The Bertz CT molecular complexity index is 1170. The fraction of sp³-hybridized carbons (Fsp3) is 0.261. The molecule has 11 heteroatoms. The molecule has 0 atom stereocenters. The Kier molecular flexibility index (Phi) is 6.75. The second kappa shape index (κ2) is 9.89. The van der Waals surface area contributed by atoms with Gasteiger partial charge in [0.2, 0.25) is 5.95 Å². The molecule has 1 amide bonds. The van der Waals surface area contributed by atoms with E-state index in [1.54, 1.807) is 18.2 Å². The number of fused-ring (bicyclic) bond motifs is 1. The van der Waals surface area contributed by atoms with Crippen LogP contribution in [0.4, 0.5) is 38.0 Å². The molecule has 0 spiro atoms. The minimum Gasteiger partial charge on any atom is -0.491 e. The van der Waals surface area contributed by atoms with Crippen molar-refractivity contribution in [1.29, 1.82) is 0 Å². The van der Waals surface area contributed by atoms with Gasteiger partial charge in [0.25, 0.3) is 0 Å². The lowest BCUT2D eigenvalue weighted by Gasteiger charge is -2.24. The van der Waals surface area contributed by atoms with Gasteiger partial charge in [-0.15, -0.1) is 0 Å². The van der Waals surface area contributed by atoms with E-state index < -0.39 is 11.9 Å². The van der Waals surface area contributed by atoms with E-state index in [9.17, 15) is 14.3 Å². The van der Waals surface area contributed by atoms with E-state index in [1.165, 1.54) is 17.1 Å². The van der Waals surface area contributed by atoms with E-state index in [1.807, 2.05) is 38.1 Å². The van der Waals surface area contributed by atoms with Crippen LogP contribution in [0.3, 0.4) is 0 Å². The van der Waals surface area contributed by atoms with Crippen molar-refractivity contribution in [3.05, 3.63) is 60.0 Å². The predicted octanol–water partition coefficient (Wildman–Crippen LogP) is 4.14. The molecule has 0 saturated heterocycles. The number of ether oxygens (including phenoxy) is 2. The molecule has 0 unspecified atom stereocenters. The van der Waals surface area contributed by atoms with Gasteiger partial charge in [-0.3, -0.25) is 0 Å². The molecule has 3 N–H and O–H groups in total. The maximum Gasteiger partial charge on any atom is 0.429 e. The number of amides is 1. The summed E-state index contributed by atoms with van der Waals surface area (Å²) < 4.78 is 24.8. The van der Waals surface area contributed by atoms with E-state index in [-0.39, 0.29) is 31.1 Å². The summed E-state index contributed by atoms with van der Waals surface area (Å²) in [5.74, 6) is 0.315. The predicted molar refractivity (Wildman–Crippen MR) is 125 cm³/mol. The Balaban J connectivity index is 1.51. The van der Waals surface area contributed by atoms with E-state index >= 15 is 0 Å². The van der Waals surface area contributed by atoms with Crippen LogP contribution in [0.25, 0.3) is 0 Å². The Hall–Kier alpha value is -3.96. The lowest BCUT2D eigenvalue weighted by molar-refractivity contribution is 0.0876. The summed E-state index contributed by atoms with van der Waals surface area (Å²) in [6.45, 7) is 3.82. The standard InChI is InChI=1S/C23H25FN6O4/c1-14(2)34-18-7-4-16(5-8-18)27-22-25-11-19(24)21(28-22)26-17-6-9-20-15(10-17)12-29(13-31)30(20)23(32)33-3/h4-11,14,31H,12-13H2,1-3H3,(H2,25,26,27,28). The number of hydrazine groups is 1. The van der Waals surface area contributed by atoms with E-state index in [0.717, 1.165) is 23.2 Å². The molecule has 4 rings (SSSR count). The van der Waals surface area contributed by atoms with Crippen molar-refractivity contribution in [1.82, 2.24) is 15.0 Å². The molecule has 1 aliphatic rings. The van der Waals surface area contributed by atoms with Crippen molar-refractivity contribution < 1.29 is 23.8 Å². The summed E-state index contributed by atoms with van der Waals surface area (Å²) >= 11 is 0. The van der Waals surface area contributed by atoms with Gasteiger partial charge in [0, 0.05) is 17.9 Å². The number of methoxy groups -OCH3 is 1. The molecule has 1 aliphatic heterocycles. The third kappa shape index (κ3) is 5.00. The molecule has 2 heterocycles. The van der Waals surface area contributed by atoms with Crippen LogP contribution in [0, 0.1) is 5.82 Å². The number of carbonyl (C=O) groups is 1. The Morgan fingerprint density at radius 2 is 1.91 bits per heavy atom. The first-order valence-electron chi connectivity index (χ1n) is 10.6. The minimum absolute atomic E-state index is 0.0148. The largest absolute Gasteiger partial charge is 0.491 e. The van der Waals surface area contributed by atoms with Crippen molar-refractivity contribution in [3.63, 3.8) is 0 Å². The number of carbonyl (C=O) groups excluding carboxylic acids is 1. The molecular weight excluding hydrogens is 443 g/mol. The van der Waals surface area contributed by atoms with Crippen LogP contribution in [-0.2, 0) is 11.3 Å². The minimum atomic E-state index is -0.625. The summed E-state index contributed by atoms with van der Waals surface area (Å²) in [5.41, 5.74) is 2.60. The van der Waals surface area contributed by atoms with Crippen LogP contribution < -0.4 is 20.4 Å². The van der Waals surface area contributed by atoms with E-state index in [2.05, 4.69) is 20.6 Å². The van der Waals surface area contributed by atoms with E-state index in [0.29, 0.717) is 11.4 Å². The molecule has 3 aromatic rings. The number of benzene rings is 2. The number of anilines is 5. The smallest absolute Gasteiger partial charge is 0.429 e. The van der Waals surface area contributed by atoms with Crippen LogP contribution in [0.2, 0.25) is 0 Å². The zero-order chi connectivity index (χ0) is 24.2. The van der Waals surface area contributed by atoms with Gasteiger partial charge in [-0.05, 0) is 61.9 Å². The zero-order valence-electron chi connectivity index (χ0n) is 18.9. The van der Waals surface area contributed by atoms with Crippen LogP contribution in [0.5, 0.6) is 5.75 Å². The van der Waals surface area contributed by atoms with Gasteiger partial charge in [0.05, 0.1) is 25.1 Å². The highest BCUT2D eigenvalue weighted by molar-refractivity contribution is 5.89. The van der Waals surface area contributed by atoms with Gasteiger partial charge in [0.15, 0.2) is 11.6 Å². The molecule has 0 aliphatic carbocycles. The number of nitrogens with one attached hydrogen (secondary N) is 2. The third-order valence-electron chi connectivity index (χ3n) is 4.94. The Labute approximate surface area is 195 Å². The van der Waals surface area contributed by atoms with Gasteiger partial charge >= 0.3 is 6.09 Å². The molecular formula is C23H25FN6O4. The van der Waals surface area contributed by atoms with Crippen molar-refractivity contribution in [2.24, 2.45) is 0 Å². The average molecular weight is 468 g/mol. The summed E-state index contributed by atoms with van der Waals surface area (Å²) in [4.78, 5) is 20.3. The fourth-order valence-corrected chi connectivity index (χ4v) is 3.50. The lowest BCUT2D eigenvalue weighted by Crippen LogP contribution is -2.42. The van der Waals surface area contributed by atoms with Crippen LogP contribution in [-0.4, -0.2) is 46.1 Å². The van der Waals surface area contributed by atoms with Gasteiger partial charge in [0.1, 0.15) is 12.5 Å². The summed E-state index contributed by atoms with van der Waals surface area (Å²) in [6, 6.07) is 12.4. The highest BCUT2D eigenvalue weighted by Crippen LogP contribution is 2.34. The number of rotatable bonds is 7. The maximum atomic E-state index is 14.4. The summed E-state index contributed by atoms with van der Waals surface area (Å²) in [7, 11) is 1.27. The maximum absolute atomic E-state index is 14.4. The highest BCUT2D eigenvalue weighted by atomic mass is 19.1. The summed E-state index contributed by atoms with van der Waals surface area (Å²) in [5, 5.41) is 18.2. The molecule has 0 saturated carbocycles. The Morgan fingerprint density at radius 3 is 2.59 bits per heavy atom. The van der Waals surface area contributed by atoms with Crippen molar-refractivity contribution >= 4 is 34.9 Å². The molecule has 178 valence electrons. The van der Waals surface area contributed by atoms with Gasteiger partial charge in [-0.25, -0.2) is 19.2 Å². The van der Waals surface area contributed by atoms with Crippen LogP contribution >= 0.6 is 0 Å². The number of nitrogens with zero attached hydrogens (tertiary/aromatic N) is 4. The van der Waals surface area contributed by atoms with E-state index in [4.69, 9.17) is 9.47 Å². The molecule has 34 heavy (non-hydrogen) atoms. The van der Waals surface area contributed by atoms with Crippen molar-refractivity contribution in [3.8, 4) is 5.75 Å². The van der Waals surface area contributed by atoms with Crippen LogP contribution in [0.1, 0.15) is 19.4 Å². The number of aliphatic hydroxyl groups is 1. The van der Waals surface area contributed by atoms with Crippen molar-refractivity contribution in [2.45, 2.75) is 26.5 Å². The number of aromatic nitrogens is 2. The van der Waals surface area contributed by atoms with Crippen molar-refractivity contribution in [2.75, 3.05) is 29.5 Å². The fourth-order valence-electron chi connectivity index (χ4n) is 3.50. The monoisotopic (exact) mass is 468 g/mol. The number of halogens is 1. The molecule has 0 bridgehead atoms. The zero-order valence-corrected chi connectivity index (χ0v) is 18.9. The number of hydrogen-bond donors (Lipinski definition) is 3. The lowest BCUT2D eigenvalue weighted by atomic mass is 10.1. The second-order valence-corrected chi connectivity index (χ2v) is 7.76. The normalized spacial score (nSPS) is 13.1.